The molecule has 4 rings (SSSR count). The van der Waals surface area contributed by atoms with E-state index in [2.05, 4.69) is 63.2 Å². The molecule has 108 valence electrons. The van der Waals surface area contributed by atoms with E-state index >= 15 is 0 Å². The van der Waals surface area contributed by atoms with Crippen molar-refractivity contribution in [1.29, 1.82) is 0 Å². The van der Waals surface area contributed by atoms with Gasteiger partial charge < -0.3 is 10.3 Å². The Bertz CT molecular complexity index is 711. The number of aromatic nitrogens is 1. The van der Waals surface area contributed by atoms with Crippen molar-refractivity contribution < 1.29 is 0 Å². The topological polar surface area (TPSA) is 31.1 Å². The predicted molar refractivity (Wildman–Crippen MR) is 88.9 cm³/mol. The van der Waals surface area contributed by atoms with Crippen molar-refractivity contribution in [3.05, 3.63) is 58.4 Å². The molecule has 0 spiro atoms. The molecule has 1 fully saturated rings. The highest BCUT2D eigenvalue weighted by Gasteiger charge is 2.26. The van der Waals surface area contributed by atoms with E-state index in [0.717, 1.165) is 26.2 Å². The first-order chi connectivity index (χ1) is 10.4. The number of fused-ring (bicyclic) bond motifs is 1. The lowest BCUT2D eigenvalue weighted by Crippen LogP contribution is -2.45. The third kappa shape index (κ3) is 2.39. The quantitative estimate of drug-likeness (QED) is 0.778. The second-order valence-corrected chi connectivity index (χ2v) is 6.47. The monoisotopic (exact) mass is 297 g/mol. The summed E-state index contributed by atoms with van der Waals surface area (Å²) in [5.74, 6) is 0. The van der Waals surface area contributed by atoms with Crippen LogP contribution < -0.4 is 5.32 Å². The van der Waals surface area contributed by atoms with Gasteiger partial charge in [-0.3, -0.25) is 4.90 Å². The Morgan fingerprint density at radius 2 is 1.90 bits per heavy atom. The van der Waals surface area contributed by atoms with E-state index in [0.29, 0.717) is 6.04 Å². The van der Waals surface area contributed by atoms with Gasteiger partial charge in [0.15, 0.2) is 0 Å². The van der Waals surface area contributed by atoms with Crippen molar-refractivity contribution >= 4 is 22.2 Å². The molecular formula is C17H19N3S. The molecule has 1 aromatic carbocycles. The van der Waals surface area contributed by atoms with E-state index in [9.17, 15) is 0 Å². The van der Waals surface area contributed by atoms with Gasteiger partial charge in [-0.1, -0.05) is 24.3 Å². The molecule has 3 heterocycles. The number of hydrogen-bond donors (Lipinski definition) is 2. The number of nitrogens with one attached hydrogen (secondary N) is 2. The molecule has 1 saturated heterocycles. The number of para-hydroxylation sites is 1. The van der Waals surface area contributed by atoms with Crippen molar-refractivity contribution in [1.82, 2.24) is 15.2 Å². The third-order valence-corrected chi connectivity index (χ3v) is 5.17. The number of H-pyrrole nitrogens is 1. The van der Waals surface area contributed by atoms with Gasteiger partial charge in [-0.15, -0.1) is 11.3 Å². The molecule has 21 heavy (non-hydrogen) atoms. The van der Waals surface area contributed by atoms with E-state index < -0.39 is 0 Å². The van der Waals surface area contributed by atoms with Gasteiger partial charge in [0, 0.05) is 48.2 Å². The summed E-state index contributed by atoms with van der Waals surface area (Å²) >= 11 is 1.86. The van der Waals surface area contributed by atoms with Gasteiger partial charge in [0.1, 0.15) is 0 Å². The van der Waals surface area contributed by atoms with Crippen LogP contribution in [-0.2, 0) is 0 Å². The molecule has 3 nitrogen and oxygen atoms in total. The molecule has 3 aromatic rings. The first-order valence-electron chi connectivity index (χ1n) is 7.47. The second kappa shape index (κ2) is 5.64. The van der Waals surface area contributed by atoms with Crippen molar-refractivity contribution in [3.8, 4) is 0 Å². The molecule has 1 aliphatic heterocycles. The minimum Gasteiger partial charge on any atom is -0.361 e. The van der Waals surface area contributed by atoms with Crippen LogP contribution in [0.1, 0.15) is 16.5 Å². The lowest BCUT2D eigenvalue weighted by molar-refractivity contribution is 0.201. The Morgan fingerprint density at radius 3 is 2.71 bits per heavy atom. The van der Waals surface area contributed by atoms with Crippen molar-refractivity contribution in [2.24, 2.45) is 0 Å². The van der Waals surface area contributed by atoms with Crippen LogP contribution in [0.15, 0.2) is 48.0 Å². The zero-order valence-electron chi connectivity index (χ0n) is 11.9. The Labute approximate surface area is 128 Å². The minimum atomic E-state index is 0.364. The van der Waals surface area contributed by atoms with Crippen LogP contribution in [0.2, 0.25) is 0 Å². The van der Waals surface area contributed by atoms with E-state index in [1.807, 2.05) is 11.3 Å². The number of piperazine rings is 1. The molecule has 4 heteroatoms. The van der Waals surface area contributed by atoms with Crippen LogP contribution in [0.3, 0.4) is 0 Å². The van der Waals surface area contributed by atoms with Crippen LogP contribution in [0.4, 0.5) is 0 Å². The smallest absolute Gasteiger partial charge is 0.0717 e. The van der Waals surface area contributed by atoms with Crippen LogP contribution >= 0.6 is 11.3 Å². The van der Waals surface area contributed by atoms with E-state index in [4.69, 9.17) is 0 Å². The summed E-state index contributed by atoms with van der Waals surface area (Å²) in [7, 11) is 0. The summed E-state index contributed by atoms with van der Waals surface area (Å²) in [6.45, 7) is 4.35. The lowest BCUT2D eigenvalue weighted by atomic mass is 10.0. The summed E-state index contributed by atoms with van der Waals surface area (Å²) < 4.78 is 0. The summed E-state index contributed by atoms with van der Waals surface area (Å²) in [5.41, 5.74) is 2.62. The number of aromatic amines is 1. The maximum Gasteiger partial charge on any atom is 0.0717 e. The van der Waals surface area contributed by atoms with Gasteiger partial charge >= 0.3 is 0 Å². The van der Waals surface area contributed by atoms with Gasteiger partial charge in [0.25, 0.3) is 0 Å². The minimum absolute atomic E-state index is 0.364. The Balaban J connectivity index is 1.81. The molecule has 2 aromatic heterocycles. The van der Waals surface area contributed by atoms with Crippen LogP contribution in [-0.4, -0.2) is 36.1 Å². The number of nitrogens with zero attached hydrogens (tertiary/aromatic N) is 1. The van der Waals surface area contributed by atoms with Gasteiger partial charge in [0.2, 0.25) is 0 Å². The Kier molecular flexibility index (Phi) is 3.51. The van der Waals surface area contributed by atoms with Crippen LogP contribution in [0.5, 0.6) is 0 Å². The zero-order valence-corrected chi connectivity index (χ0v) is 12.7. The molecule has 1 aliphatic rings. The Hall–Kier alpha value is -1.62. The Morgan fingerprint density at radius 1 is 1.05 bits per heavy atom. The summed E-state index contributed by atoms with van der Waals surface area (Å²) in [4.78, 5) is 7.46. The standard InChI is InChI=1S/C17H19N3S/c1-2-5-15-13(4-1)14(12-19-15)17(16-6-3-11-21-16)20-9-7-18-8-10-20/h1-6,11-12,17-19H,7-10H2. The van der Waals surface area contributed by atoms with Gasteiger partial charge in [-0.25, -0.2) is 0 Å². The number of hydrogen-bond acceptors (Lipinski definition) is 3. The average Bonchev–Trinajstić information content (AvgIpc) is 3.20. The molecule has 0 amide bonds. The largest absolute Gasteiger partial charge is 0.361 e. The maximum absolute atomic E-state index is 3.45. The van der Waals surface area contributed by atoms with E-state index in [-0.39, 0.29) is 0 Å². The third-order valence-electron chi connectivity index (χ3n) is 4.25. The molecule has 0 saturated carbocycles. The molecular weight excluding hydrogens is 278 g/mol. The first-order valence-corrected chi connectivity index (χ1v) is 8.35. The predicted octanol–water partition coefficient (Wildman–Crippen LogP) is 3.22. The molecule has 1 atom stereocenters. The highest BCUT2D eigenvalue weighted by atomic mass is 32.1. The van der Waals surface area contributed by atoms with E-state index in [1.165, 1.54) is 21.3 Å². The van der Waals surface area contributed by atoms with Crippen molar-refractivity contribution in [2.45, 2.75) is 6.04 Å². The highest BCUT2D eigenvalue weighted by molar-refractivity contribution is 7.10. The normalized spacial score (nSPS) is 18.1. The maximum atomic E-state index is 3.45. The number of benzene rings is 1. The second-order valence-electron chi connectivity index (χ2n) is 5.49. The number of thiophene rings is 1. The fourth-order valence-corrected chi connectivity index (χ4v) is 4.11. The lowest BCUT2D eigenvalue weighted by Gasteiger charge is -2.34. The van der Waals surface area contributed by atoms with Gasteiger partial charge in [0.05, 0.1) is 6.04 Å². The molecule has 1 unspecified atom stereocenters. The SMILES string of the molecule is c1csc(C(c2c[nH]c3ccccc23)N2CCNCC2)c1. The summed E-state index contributed by atoms with van der Waals surface area (Å²) in [6.07, 6.45) is 2.19. The summed E-state index contributed by atoms with van der Waals surface area (Å²) in [5, 5.41) is 6.97. The molecule has 0 radical (unpaired) electrons. The van der Waals surface area contributed by atoms with E-state index in [1.54, 1.807) is 0 Å². The van der Waals surface area contributed by atoms with Gasteiger partial charge in [-0.05, 0) is 23.1 Å². The van der Waals surface area contributed by atoms with Crippen molar-refractivity contribution in [3.63, 3.8) is 0 Å². The fraction of sp³-hybridized carbons (Fsp3) is 0.294. The molecule has 0 aliphatic carbocycles. The first kappa shape index (κ1) is 13.1. The highest BCUT2D eigenvalue weighted by Crippen LogP contribution is 2.35. The van der Waals surface area contributed by atoms with Gasteiger partial charge in [-0.2, -0.15) is 0 Å². The van der Waals surface area contributed by atoms with Crippen LogP contribution in [0, 0.1) is 0 Å². The van der Waals surface area contributed by atoms with Crippen LogP contribution in [0.25, 0.3) is 10.9 Å². The van der Waals surface area contributed by atoms with Crippen molar-refractivity contribution in [2.75, 3.05) is 26.2 Å². The molecule has 0 bridgehead atoms. The average molecular weight is 297 g/mol. The zero-order chi connectivity index (χ0) is 14.1. The fourth-order valence-electron chi connectivity index (χ4n) is 3.24. The summed E-state index contributed by atoms with van der Waals surface area (Å²) in [6, 6.07) is 13.4. The number of rotatable bonds is 3. The molecule has 2 N–H and O–H groups in total.